The molecule has 0 saturated carbocycles. The average Bonchev–Trinajstić information content (AvgIpc) is 2.30. The molecule has 0 atom stereocenters. The van der Waals surface area contributed by atoms with Gasteiger partial charge in [0, 0.05) is 6.07 Å². The second-order valence-corrected chi connectivity index (χ2v) is 3.39. The van der Waals surface area contributed by atoms with Crippen molar-refractivity contribution >= 4 is 15.9 Å². The van der Waals surface area contributed by atoms with E-state index in [9.17, 15) is 18.5 Å². The van der Waals surface area contributed by atoms with E-state index < -0.39 is 25.9 Å². The van der Waals surface area contributed by atoms with Crippen LogP contribution in [0.15, 0.2) is 21.6 Å². The first-order valence-electron chi connectivity index (χ1n) is 2.68. The van der Waals surface area contributed by atoms with Crippen LogP contribution in [0, 0.1) is 10.1 Å². The molecule has 12 heavy (non-hydrogen) atoms. The minimum Gasteiger partial charge on any atom is -0.387 e. The van der Waals surface area contributed by atoms with E-state index in [-0.39, 0.29) is 0 Å². The molecule has 0 aliphatic heterocycles. The lowest BCUT2D eigenvalue weighted by Gasteiger charge is -1.87. The van der Waals surface area contributed by atoms with Gasteiger partial charge in [-0.2, -0.15) is 0 Å². The molecule has 1 heterocycles. The highest BCUT2D eigenvalue weighted by molar-refractivity contribution is 7.89. The quantitative estimate of drug-likeness (QED) is 0.515. The van der Waals surface area contributed by atoms with Crippen LogP contribution < -0.4 is 5.14 Å². The van der Waals surface area contributed by atoms with Gasteiger partial charge in [-0.3, -0.25) is 10.1 Å². The second-order valence-electron chi connectivity index (χ2n) is 1.89. The minimum absolute atomic E-state index is 0.616. The van der Waals surface area contributed by atoms with Gasteiger partial charge in [-0.25, -0.2) is 13.6 Å². The molecule has 0 radical (unpaired) electrons. The van der Waals surface area contributed by atoms with Gasteiger partial charge in [-0.15, -0.1) is 0 Å². The van der Waals surface area contributed by atoms with E-state index in [0.717, 1.165) is 12.1 Å². The van der Waals surface area contributed by atoms with Crippen molar-refractivity contribution in [2.75, 3.05) is 0 Å². The van der Waals surface area contributed by atoms with Crippen LogP contribution >= 0.6 is 0 Å². The SMILES string of the molecule is NS(=O)(=O)c1ccc([N+](=O)[O-])o1. The molecule has 0 saturated heterocycles. The van der Waals surface area contributed by atoms with Crippen LogP contribution in [-0.2, 0) is 10.0 Å². The number of nitrogens with two attached hydrogens (primary N) is 1. The zero-order chi connectivity index (χ0) is 9.35. The van der Waals surface area contributed by atoms with Gasteiger partial charge in [0.1, 0.15) is 4.92 Å². The van der Waals surface area contributed by atoms with E-state index in [4.69, 9.17) is 0 Å². The van der Waals surface area contributed by atoms with Crippen LogP contribution in [0.4, 0.5) is 5.88 Å². The van der Waals surface area contributed by atoms with Crippen LogP contribution in [0.1, 0.15) is 0 Å². The largest absolute Gasteiger partial charge is 0.434 e. The van der Waals surface area contributed by atoms with Crippen LogP contribution in [0.25, 0.3) is 0 Å². The Kier molecular flexibility index (Phi) is 1.86. The number of hydrogen-bond acceptors (Lipinski definition) is 5. The molecule has 0 fully saturated rings. The Balaban J connectivity index is 3.17. The number of rotatable bonds is 2. The molecule has 1 aromatic heterocycles. The van der Waals surface area contributed by atoms with Crippen molar-refractivity contribution in [2.45, 2.75) is 5.09 Å². The van der Waals surface area contributed by atoms with Gasteiger partial charge in [0.25, 0.3) is 10.0 Å². The molecule has 0 spiro atoms. The first kappa shape index (κ1) is 8.68. The summed E-state index contributed by atoms with van der Waals surface area (Å²) in [6, 6.07) is 1.84. The Morgan fingerprint density at radius 2 is 2.08 bits per heavy atom. The first-order chi connectivity index (χ1) is 5.41. The molecule has 7 nitrogen and oxygen atoms in total. The van der Waals surface area contributed by atoms with Gasteiger partial charge in [0.15, 0.2) is 0 Å². The number of nitrogens with zero attached hydrogens (tertiary/aromatic N) is 1. The number of hydrogen-bond donors (Lipinski definition) is 1. The standard InChI is InChI=1S/C4H4N2O5S/c5-12(9,10)4-2-1-3(11-4)6(7)8/h1-2H,(H2,5,9,10). The molecule has 2 N–H and O–H groups in total. The fourth-order valence-corrected chi connectivity index (χ4v) is 1.02. The smallest absolute Gasteiger partial charge is 0.387 e. The summed E-state index contributed by atoms with van der Waals surface area (Å²) < 4.78 is 25.4. The van der Waals surface area contributed by atoms with E-state index in [1.807, 2.05) is 0 Å². The molecule has 0 aliphatic rings. The summed E-state index contributed by atoms with van der Waals surface area (Å²) in [7, 11) is -3.99. The lowest BCUT2D eigenvalue weighted by atomic mass is 10.6. The lowest BCUT2D eigenvalue weighted by molar-refractivity contribution is -0.403. The molecule has 0 bridgehead atoms. The van der Waals surface area contributed by atoms with Gasteiger partial charge in [0.05, 0.1) is 6.07 Å². The second kappa shape index (κ2) is 2.57. The number of furan rings is 1. The zero-order valence-electron chi connectivity index (χ0n) is 5.63. The highest BCUT2D eigenvalue weighted by Crippen LogP contribution is 2.18. The summed E-state index contributed by atoms with van der Waals surface area (Å²) in [5, 5.41) is 14.0. The lowest BCUT2D eigenvalue weighted by Crippen LogP contribution is -2.10. The van der Waals surface area contributed by atoms with Gasteiger partial charge in [-0.1, -0.05) is 0 Å². The molecule has 66 valence electrons. The van der Waals surface area contributed by atoms with Crippen LogP contribution in [0.2, 0.25) is 0 Å². The summed E-state index contributed by atoms with van der Waals surface area (Å²) >= 11 is 0. The zero-order valence-corrected chi connectivity index (χ0v) is 6.45. The summed E-state index contributed by atoms with van der Waals surface area (Å²) in [5.74, 6) is -0.654. The molecule has 1 aromatic rings. The van der Waals surface area contributed by atoms with Gasteiger partial charge >= 0.3 is 5.88 Å². The van der Waals surface area contributed by atoms with Crippen molar-refractivity contribution in [3.8, 4) is 0 Å². The highest BCUT2D eigenvalue weighted by atomic mass is 32.2. The van der Waals surface area contributed by atoms with E-state index in [1.54, 1.807) is 0 Å². The van der Waals surface area contributed by atoms with Crippen molar-refractivity contribution in [2.24, 2.45) is 5.14 Å². The van der Waals surface area contributed by atoms with Crippen molar-refractivity contribution in [3.63, 3.8) is 0 Å². The maximum absolute atomic E-state index is 10.5. The van der Waals surface area contributed by atoms with E-state index >= 15 is 0 Å². The third-order valence-electron chi connectivity index (χ3n) is 1.03. The summed E-state index contributed by atoms with van der Waals surface area (Å²) in [4.78, 5) is 9.16. The topological polar surface area (TPSA) is 116 Å². The Hall–Kier alpha value is -1.41. The molecule has 1 rings (SSSR count). The number of nitro groups is 1. The first-order valence-corrected chi connectivity index (χ1v) is 4.23. The Bertz CT molecular complexity index is 405. The Morgan fingerprint density at radius 3 is 2.33 bits per heavy atom. The van der Waals surface area contributed by atoms with Gasteiger partial charge in [-0.05, 0) is 0 Å². The van der Waals surface area contributed by atoms with Crippen LogP contribution in [0.3, 0.4) is 0 Å². The molecule has 0 unspecified atom stereocenters. The molecule has 8 heteroatoms. The summed E-state index contributed by atoms with van der Waals surface area (Å²) in [5.41, 5.74) is 0. The third-order valence-corrected chi connectivity index (χ3v) is 1.81. The van der Waals surface area contributed by atoms with Gasteiger partial charge < -0.3 is 4.42 Å². The molecular weight excluding hydrogens is 188 g/mol. The fraction of sp³-hybridized carbons (Fsp3) is 0. The predicted molar refractivity (Wildman–Crippen MR) is 36.7 cm³/mol. The van der Waals surface area contributed by atoms with E-state index in [1.165, 1.54) is 0 Å². The number of primary sulfonamides is 1. The van der Waals surface area contributed by atoms with E-state index in [0.29, 0.717) is 0 Å². The fourth-order valence-electron chi connectivity index (χ4n) is 0.561. The van der Waals surface area contributed by atoms with Crippen LogP contribution in [0.5, 0.6) is 0 Å². The molecular formula is C4H4N2O5S. The molecule has 0 aliphatic carbocycles. The summed E-state index contributed by atoms with van der Waals surface area (Å²) in [6.07, 6.45) is 0. The number of sulfonamides is 1. The third kappa shape index (κ3) is 1.60. The highest BCUT2D eigenvalue weighted by Gasteiger charge is 2.18. The Morgan fingerprint density at radius 1 is 1.50 bits per heavy atom. The van der Waals surface area contributed by atoms with Crippen molar-refractivity contribution in [1.82, 2.24) is 0 Å². The average molecular weight is 192 g/mol. The van der Waals surface area contributed by atoms with E-state index in [2.05, 4.69) is 9.56 Å². The molecule has 0 aromatic carbocycles. The molecule has 0 amide bonds. The van der Waals surface area contributed by atoms with Crippen molar-refractivity contribution < 1.29 is 17.8 Å². The normalized spacial score (nSPS) is 11.4. The predicted octanol–water partition coefficient (Wildman–Crippen LogP) is -0.165. The van der Waals surface area contributed by atoms with Crippen molar-refractivity contribution in [3.05, 3.63) is 22.2 Å². The minimum atomic E-state index is -3.99. The van der Waals surface area contributed by atoms with Crippen molar-refractivity contribution in [1.29, 1.82) is 0 Å². The maximum atomic E-state index is 10.5. The Labute approximate surface area is 67.0 Å². The van der Waals surface area contributed by atoms with Crippen LogP contribution in [-0.4, -0.2) is 13.3 Å². The van der Waals surface area contributed by atoms with Gasteiger partial charge in [0.2, 0.25) is 5.09 Å². The summed E-state index contributed by atoms with van der Waals surface area (Å²) in [6.45, 7) is 0. The maximum Gasteiger partial charge on any atom is 0.434 e. The monoisotopic (exact) mass is 192 g/mol.